The lowest BCUT2D eigenvalue weighted by Crippen LogP contribution is -2.22. The summed E-state index contributed by atoms with van der Waals surface area (Å²) in [6, 6.07) is 15.0. The molecule has 0 aliphatic heterocycles. The maximum absolute atomic E-state index is 12.0. The number of carbonyl (C=O) groups is 1. The number of aryl methyl sites for hydroxylation is 1. The molecule has 0 aliphatic carbocycles. The van der Waals surface area contributed by atoms with Crippen LogP contribution in [0, 0.1) is 6.92 Å². The number of ether oxygens (including phenoxy) is 1. The standard InChI is InChI=1S/C16H16BrNO2/c1-11-6-5-7-12(10-11)18-15(16(19)20-2)13-8-3-4-9-14(13)17/h3-10,15,18H,1-2H3. The smallest absolute Gasteiger partial charge is 0.333 e. The molecule has 1 N–H and O–H groups in total. The SMILES string of the molecule is COC(=O)C(Nc1cccc(C)c1)c1ccccc1Br. The normalized spacial score (nSPS) is 11.8. The van der Waals surface area contributed by atoms with Crippen LogP contribution in [0.2, 0.25) is 0 Å². The lowest BCUT2D eigenvalue weighted by Gasteiger charge is -2.19. The number of halogens is 1. The first-order chi connectivity index (χ1) is 9.61. The Morgan fingerprint density at radius 1 is 1.20 bits per heavy atom. The van der Waals surface area contributed by atoms with Gasteiger partial charge in [-0.15, -0.1) is 0 Å². The van der Waals surface area contributed by atoms with Crippen LogP contribution in [0.5, 0.6) is 0 Å². The molecule has 0 bridgehead atoms. The molecule has 0 saturated heterocycles. The van der Waals surface area contributed by atoms with Gasteiger partial charge in [0, 0.05) is 10.2 Å². The molecule has 3 nitrogen and oxygen atoms in total. The number of hydrogen-bond acceptors (Lipinski definition) is 3. The third kappa shape index (κ3) is 3.39. The van der Waals surface area contributed by atoms with E-state index in [1.807, 2.05) is 55.5 Å². The van der Waals surface area contributed by atoms with Crippen molar-refractivity contribution in [2.75, 3.05) is 12.4 Å². The average Bonchev–Trinajstić information content (AvgIpc) is 2.45. The molecule has 0 aromatic heterocycles. The van der Waals surface area contributed by atoms with E-state index in [2.05, 4.69) is 21.2 Å². The first-order valence-electron chi connectivity index (χ1n) is 6.27. The summed E-state index contributed by atoms with van der Waals surface area (Å²) >= 11 is 3.47. The number of anilines is 1. The van der Waals surface area contributed by atoms with Crippen LogP contribution in [-0.4, -0.2) is 13.1 Å². The van der Waals surface area contributed by atoms with E-state index in [1.165, 1.54) is 7.11 Å². The Labute approximate surface area is 127 Å². The van der Waals surface area contributed by atoms with E-state index in [-0.39, 0.29) is 5.97 Å². The van der Waals surface area contributed by atoms with Gasteiger partial charge in [0.1, 0.15) is 0 Å². The highest BCUT2D eigenvalue weighted by atomic mass is 79.9. The number of esters is 1. The van der Waals surface area contributed by atoms with Gasteiger partial charge in [-0.3, -0.25) is 0 Å². The molecule has 2 aromatic carbocycles. The van der Waals surface area contributed by atoms with Gasteiger partial charge in [0.25, 0.3) is 0 Å². The molecule has 0 spiro atoms. The fourth-order valence-corrected chi connectivity index (χ4v) is 2.51. The highest BCUT2D eigenvalue weighted by Gasteiger charge is 2.23. The maximum Gasteiger partial charge on any atom is 0.333 e. The summed E-state index contributed by atoms with van der Waals surface area (Å²) < 4.78 is 5.77. The Hall–Kier alpha value is -1.81. The lowest BCUT2D eigenvalue weighted by atomic mass is 10.1. The highest BCUT2D eigenvalue weighted by molar-refractivity contribution is 9.10. The van der Waals surface area contributed by atoms with Gasteiger partial charge in [-0.05, 0) is 36.2 Å². The first-order valence-corrected chi connectivity index (χ1v) is 7.06. The number of rotatable bonds is 4. The van der Waals surface area contributed by atoms with Gasteiger partial charge in [0.2, 0.25) is 0 Å². The molecule has 2 aromatic rings. The zero-order valence-corrected chi connectivity index (χ0v) is 13.0. The Balaban J connectivity index is 2.34. The van der Waals surface area contributed by atoms with Crippen molar-refractivity contribution in [3.63, 3.8) is 0 Å². The minimum absolute atomic E-state index is 0.321. The van der Waals surface area contributed by atoms with E-state index in [0.29, 0.717) is 0 Å². The summed E-state index contributed by atoms with van der Waals surface area (Å²) in [6.45, 7) is 2.01. The Kier molecular flexibility index (Phi) is 4.79. The first kappa shape index (κ1) is 14.6. The second-order valence-corrected chi connectivity index (χ2v) is 5.35. The quantitative estimate of drug-likeness (QED) is 0.856. The summed E-state index contributed by atoms with van der Waals surface area (Å²) in [6.07, 6.45) is 0. The molecule has 0 aliphatic rings. The molecule has 0 saturated carbocycles. The van der Waals surface area contributed by atoms with Crippen molar-refractivity contribution >= 4 is 27.6 Å². The number of methoxy groups -OCH3 is 1. The van der Waals surface area contributed by atoms with E-state index in [1.54, 1.807) is 0 Å². The van der Waals surface area contributed by atoms with Crippen LogP contribution >= 0.6 is 15.9 Å². The molecule has 1 unspecified atom stereocenters. The van der Waals surface area contributed by atoms with E-state index in [0.717, 1.165) is 21.3 Å². The fourth-order valence-electron chi connectivity index (χ4n) is 1.99. The van der Waals surface area contributed by atoms with Crippen LogP contribution in [0.4, 0.5) is 5.69 Å². The average molecular weight is 334 g/mol. The third-order valence-corrected chi connectivity index (χ3v) is 3.70. The Morgan fingerprint density at radius 3 is 2.60 bits per heavy atom. The van der Waals surface area contributed by atoms with Crippen LogP contribution < -0.4 is 5.32 Å². The Morgan fingerprint density at radius 2 is 1.95 bits per heavy atom. The molecule has 0 fully saturated rings. The minimum atomic E-state index is -0.544. The summed E-state index contributed by atoms with van der Waals surface area (Å²) in [5.41, 5.74) is 2.86. The zero-order valence-electron chi connectivity index (χ0n) is 11.4. The topological polar surface area (TPSA) is 38.3 Å². The second-order valence-electron chi connectivity index (χ2n) is 4.49. The zero-order chi connectivity index (χ0) is 14.5. The Bertz CT molecular complexity index is 613. The number of carbonyl (C=O) groups excluding carboxylic acids is 1. The highest BCUT2D eigenvalue weighted by Crippen LogP contribution is 2.27. The van der Waals surface area contributed by atoms with Crippen molar-refractivity contribution < 1.29 is 9.53 Å². The van der Waals surface area contributed by atoms with Crippen molar-refractivity contribution in [3.05, 3.63) is 64.1 Å². The van der Waals surface area contributed by atoms with Crippen LogP contribution in [-0.2, 0) is 9.53 Å². The maximum atomic E-state index is 12.0. The van der Waals surface area contributed by atoms with Gasteiger partial charge >= 0.3 is 5.97 Å². The monoisotopic (exact) mass is 333 g/mol. The van der Waals surface area contributed by atoms with Crippen LogP contribution in [0.15, 0.2) is 53.0 Å². The number of nitrogens with one attached hydrogen (secondary N) is 1. The predicted octanol–water partition coefficient (Wildman–Crippen LogP) is 4.08. The van der Waals surface area contributed by atoms with Crippen molar-refractivity contribution in [1.82, 2.24) is 0 Å². The summed E-state index contributed by atoms with van der Waals surface area (Å²) in [7, 11) is 1.39. The largest absolute Gasteiger partial charge is 0.467 e. The van der Waals surface area contributed by atoms with Crippen LogP contribution in [0.1, 0.15) is 17.2 Å². The minimum Gasteiger partial charge on any atom is -0.467 e. The molecular weight excluding hydrogens is 318 g/mol. The molecular formula is C16H16BrNO2. The van der Waals surface area contributed by atoms with Gasteiger partial charge in [0.15, 0.2) is 6.04 Å². The van der Waals surface area contributed by atoms with Crippen molar-refractivity contribution in [1.29, 1.82) is 0 Å². The van der Waals surface area contributed by atoms with Crippen LogP contribution in [0.3, 0.4) is 0 Å². The van der Waals surface area contributed by atoms with E-state index < -0.39 is 6.04 Å². The molecule has 0 heterocycles. The molecule has 2 rings (SSSR count). The van der Waals surface area contributed by atoms with Crippen molar-refractivity contribution in [2.24, 2.45) is 0 Å². The number of benzene rings is 2. The lowest BCUT2D eigenvalue weighted by molar-refractivity contribution is -0.141. The van der Waals surface area contributed by atoms with Gasteiger partial charge in [-0.1, -0.05) is 46.3 Å². The molecule has 0 radical (unpaired) electrons. The van der Waals surface area contributed by atoms with Gasteiger partial charge < -0.3 is 10.1 Å². The molecule has 104 valence electrons. The summed E-state index contributed by atoms with van der Waals surface area (Å²) in [5, 5.41) is 3.22. The summed E-state index contributed by atoms with van der Waals surface area (Å²) in [5.74, 6) is -0.321. The van der Waals surface area contributed by atoms with Gasteiger partial charge in [-0.25, -0.2) is 4.79 Å². The van der Waals surface area contributed by atoms with Gasteiger partial charge in [-0.2, -0.15) is 0 Å². The fraction of sp³-hybridized carbons (Fsp3) is 0.188. The molecule has 4 heteroatoms. The van der Waals surface area contributed by atoms with Crippen molar-refractivity contribution in [2.45, 2.75) is 13.0 Å². The molecule has 1 atom stereocenters. The van der Waals surface area contributed by atoms with Crippen LogP contribution in [0.25, 0.3) is 0 Å². The summed E-state index contributed by atoms with van der Waals surface area (Å²) in [4.78, 5) is 12.0. The second kappa shape index (κ2) is 6.57. The predicted molar refractivity (Wildman–Crippen MR) is 83.7 cm³/mol. The number of hydrogen-bond donors (Lipinski definition) is 1. The van der Waals surface area contributed by atoms with E-state index in [9.17, 15) is 4.79 Å². The molecule has 20 heavy (non-hydrogen) atoms. The van der Waals surface area contributed by atoms with E-state index in [4.69, 9.17) is 4.74 Å². The van der Waals surface area contributed by atoms with E-state index >= 15 is 0 Å². The molecule has 0 amide bonds. The van der Waals surface area contributed by atoms with Gasteiger partial charge in [0.05, 0.1) is 7.11 Å². The third-order valence-electron chi connectivity index (χ3n) is 2.98. The van der Waals surface area contributed by atoms with Crippen molar-refractivity contribution in [3.8, 4) is 0 Å².